The fourth-order valence-corrected chi connectivity index (χ4v) is 5.69. The van der Waals surface area contributed by atoms with Crippen LogP contribution in [0.1, 0.15) is 21.5 Å². The van der Waals surface area contributed by atoms with Crippen molar-refractivity contribution < 1.29 is 4.79 Å². The van der Waals surface area contributed by atoms with E-state index in [1.165, 1.54) is 21.4 Å². The number of thioether (sulfide) groups is 1. The minimum absolute atomic E-state index is 0.172. The number of Topliss-reactive ketones (excluding diaryl/α,β-unsaturated/α-hetero) is 1. The van der Waals surface area contributed by atoms with E-state index < -0.39 is 0 Å². The molecule has 0 unspecified atom stereocenters. The summed E-state index contributed by atoms with van der Waals surface area (Å²) in [4.78, 5) is 16.6. The first-order valence-electron chi connectivity index (χ1n) is 8.55. The number of nitrogens with zero attached hydrogens (tertiary/aromatic N) is 1. The Morgan fingerprint density at radius 3 is 2.69 bits per heavy atom. The Morgan fingerprint density at radius 2 is 1.88 bits per heavy atom. The highest BCUT2D eigenvalue weighted by atomic mass is 79.9. The molecule has 0 spiro atoms. The molecule has 0 saturated carbocycles. The maximum absolute atomic E-state index is 13.2. The summed E-state index contributed by atoms with van der Waals surface area (Å²) in [5, 5.41) is 3.52. The fourth-order valence-electron chi connectivity index (χ4n) is 4.01. The third-order valence-corrected chi connectivity index (χ3v) is 7.29. The largest absolute Gasteiger partial charge is 0.337 e. The Bertz CT molecular complexity index is 1150. The van der Waals surface area contributed by atoms with Crippen molar-refractivity contribution in [2.45, 2.75) is 18.2 Å². The van der Waals surface area contributed by atoms with E-state index in [0.717, 1.165) is 31.8 Å². The number of carbonyl (C=O) groups excluding carboxylic acids is 1. The third kappa shape index (κ3) is 2.15. The average Bonchev–Trinajstić information content (AvgIpc) is 3.17. The number of benzene rings is 3. The number of allylic oxidation sites excluding steroid dienone is 1. The molecule has 2 aliphatic rings. The number of carbonyl (C=O) groups is 1. The number of hydrogen-bond donors (Lipinski definition) is 0. The summed E-state index contributed by atoms with van der Waals surface area (Å²) in [5.74, 6) is 0.172. The van der Waals surface area contributed by atoms with Gasteiger partial charge in [-0.25, -0.2) is 0 Å². The minimum Gasteiger partial charge on any atom is -0.337 e. The van der Waals surface area contributed by atoms with Crippen molar-refractivity contribution in [3.05, 3.63) is 80.3 Å². The van der Waals surface area contributed by atoms with E-state index in [9.17, 15) is 4.79 Å². The van der Waals surface area contributed by atoms with Gasteiger partial charge in [0.15, 0.2) is 5.78 Å². The lowest BCUT2D eigenvalue weighted by Gasteiger charge is -2.17. The molecule has 1 heterocycles. The first kappa shape index (κ1) is 16.2. The molecule has 0 N–H and O–H groups in total. The third-order valence-electron chi connectivity index (χ3n) is 5.29. The summed E-state index contributed by atoms with van der Waals surface area (Å²) in [5.41, 5.74) is 5.15. The molecule has 1 aliphatic heterocycles. The number of ketones is 1. The van der Waals surface area contributed by atoms with Crippen molar-refractivity contribution >= 4 is 49.9 Å². The van der Waals surface area contributed by atoms with Crippen LogP contribution in [0, 0.1) is 6.92 Å². The van der Waals surface area contributed by atoms with Crippen LogP contribution in [0.15, 0.2) is 68.5 Å². The number of aryl methyl sites for hydroxylation is 1. The monoisotopic (exact) mass is 421 g/mol. The van der Waals surface area contributed by atoms with Crippen LogP contribution in [0.5, 0.6) is 0 Å². The Labute approximate surface area is 165 Å². The standard InChI is InChI=1S/C22H16BrNOS/c1-12-7-9-17(23)15-11-16(21(25)19(12)15)22-24(2)20-14-6-4-3-5-13(14)8-10-18(20)26-22/h3-10H,11H2,1-2H3. The molecule has 4 heteroatoms. The van der Waals surface area contributed by atoms with Gasteiger partial charge >= 0.3 is 0 Å². The molecule has 3 aromatic carbocycles. The van der Waals surface area contributed by atoms with Crippen LogP contribution in [0.25, 0.3) is 10.8 Å². The van der Waals surface area contributed by atoms with E-state index in [0.29, 0.717) is 6.42 Å². The lowest BCUT2D eigenvalue weighted by Crippen LogP contribution is -2.14. The van der Waals surface area contributed by atoms with Gasteiger partial charge in [0, 0.05) is 39.4 Å². The van der Waals surface area contributed by atoms with Crippen molar-refractivity contribution in [2.24, 2.45) is 0 Å². The molecular weight excluding hydrogens is 406 g/mol. The SMILES string of the molecule is Cc1ccc(Br)c2c1C(=O)C(=C1Sc3ccc4ccccc4c3N1C)C2. The second-order valence-electron chi connectivity index (χ2n) is 6.80. The van der Waals surface area contributed by atoms with Crippen LogP contribution in [-0.2, 0) is 6.42 Å². The van der Waals surface area contributed by atoms with Crippen molar-refractivity contribution in [2.75, 3.05) is 11.9 Å². The summed E-state index contributed by atoms with van der Waals surface area (Å²) in [7, 11) is 2.08. The van der Waals surface area contributed by atoms with Gasteiger partial charge in [-0.1, -0.05) is 64.1 Å². The fraction of sp³-hybridized carbons (Fsp3) is 0.136. The molecule has 0 fully saturated rings. The molecular formula is C22H16BrNOS. The van der Waals surface area contributed by atoms with Gasteiger partial charge in [-0.15, -0.1) is 0 Å². The topological polar surface area (TPSA) is 20.3 Å². The van der Waals surface area contributed by atoms with Crippen molar-refractivity contribution in [1.82, 2.24) is 0 Å². The van der Waals surface area contributed by atoms with E-state index >= 15 is 0 Å². The zero-order valence-electron chi connectivity index (χ0n) is 14.5. The first-order valence-corrected chi connectivity index (χ1v) is 10.2. The molecule has 0 atom stereocenters. The molecule has 3 aromatic rings. The number of halogens is 1. The minimum atomic E-state index is 0.172. The number of rotatable bonds is 0. The van der Waals surface area contributed by atoms with Crippen LogP contribution in [0.4, 0.5) is 5.69 Å². The van der Waals surface area contributed by atoms with Crippen LogP contribution >= 0.6 is 27.7 Å². The van der Waals surface area contributed by atoms with Crippen molar-refractivity contribution in [3.8, 4) is 0 Å². The van der Waals surface area contributed by atoms with Crippen LogP contribution < -0.4 is 4.90 Å². The predicted molar refractivity (Wildman–Crippen MR) is 112 cm³/mol. The predicted octanol–water partition coefficient (Wildman–Crippen LogP) is 6.10. The first-order chi connectivity index (χ1) is 12.6. The summed E-state index contributed by atoms with van der Waals surface area (Å²) < 4.78 is 1.02. The van der Waals surface area contributed by atoms with Crippen molar-refractivity contribution in [1.29, 1.82) is 0 Å². The van der Waals surface area contributed by atoms with Gasteiger partial charge in [0.1, 0.15) is 0 Å². The highest BCUT2D eigenvalue weighted by Gasteiger charge is 2.35. The normalized spacial score (nSPS) is 18.6. The van der Waals surface area contributed by atoms with Gasteiger partial charge in [0.2, 0.25) is 0 Å². The molecule has 26 heavy (non-hydrogen) atoms. The van der Waals surface area contributed by atoms with Gasteiger partial charge in [0.25, 0.3) is 0 Å². The van der Waals surface area contributed by atoms with E-state index in [1.807, 2.05) is 19.1 Å². The highest BCUT2D eigenvalue weighted by molar-refractivity contribution is 9.10. The zero-order chi connectivity index (χ0) is 18.0. The van der Waals surface area contributed by atoms with Gasteiger partial charge in [-0.2, -0.15) is 0 Å². The molecule has 128 valence electrons. The maximum Gasteiger partial charge on any atom is 0.192 e. The van der Waals surface area contributed by atoms with E-state index in [1.54, 1.807) is 11.8 Å². The summed E-state index contributed by atoms with van der Waals surface area (Å²) in [6.45, 7) is 2.02. The zero-order valence-corrected chi connectivity index (χ0v) is 16.9. The summed E-state index contributed by atoms with van der Waals surface area (Å²) in [6, 6.07) is 16.8. The molecule has 0 aromatic heterocycles. The average molecular weight is 422 g/mol. The van der Waals surface area contributed by atoms with Gasteiger partial charge in [-0.3, -0.25) is 4.79 Å². The quantitative estimate of drug-likeness (QED) is 0.408. The van der Waals surface area contributed by atoms with Gasteiger partial charge < -0.3 is 4.90 Å². The Balaban J connectivity index is 1.69. The second-order valence-corrected chi connectivity index (χ2v) is 8.69. The Hall–Kier alpha value is -2.04. The Morgan fingerprint density at radius 1 is 1.08 bits per heavy atom. The molecule has 1 aliphatic carbocycles. The van der Waals surface area contributed by atoms with E-state index in [4.69, 9.17) is 0 Å². The highest BCUT2D eigenvalue weighted by Crippen LogP contribution is 2.51. The molecule has 0 radical (unpaired) electrons. The smallest absolute Gasteiger partial charge is 0.192 e. The molecule has 0 bridgehead atoms. The van der Waals surface area contributed by atoms with E-state index in [2.05, 4.69) is 64.3 Å². The molecule has 0 saturated heterocycles. The number of anilines is 1. The molecule has 5 rings (SSSR count). The molecule has 0 amide bonds. The van der Waals surface area contributed by atoms with Gasteiger partial charge in [0.05, 0.1) is 10.7 Å². The number of hydrogen-bond acceptors (Lipinski definition) is 3. The maximum atomic E-state index is 13.2. The molecule has 2 nitrogen and oxygen atoms in total. The van der Waals surface area contributed by atoms with Crippen LogP contribution in [0.2, 0.25) is 0 Å². The van der Waals surface area contributed by atoms with Gasteiger partial charge in [-0.05, 0) is 35.6 Å². The summed E-state index contributed by atoms with van der Waals surface area (Å²) in [6.07, 6.45) is 0.690. The van der Waals surface area contributed by atoms with Crippen LogP contribution in [0.3, 0.4) is 0 Å². The Kier molecular flexibility index (Phi) is 3.56. The second kappa shape index (κ2) is 5.73. The number of fused-ring (bicyclic) bond motifs is 4. The van der Waals surface area contributed by atoms with Crippen molar-refractivity contribution in [3.63, 3.8) is 0 Å². The van der Waals surface area contributed by atoms with Crippen LogP contribution in [-0.4, -0.2) is 12.8 Å². The summed E-state index contributed by atoms with van der Waals surface area (Å²) >= 11 is 5.34. The van der Waals surface area contributed by atoms with E-state index in [-0.39, 0.29) is 5.78 Å². The lowest BCUT2D eigenvalue weighted by molar-refractivity contribution is 0.103. The lowest BCUT2D eigenvalue weighted by atomic mass is 10.0.